The molecule has 5 heteroatoms. The summed E-state index contributed by atoms with van der Waals surface area (Å²) in [6.07, 6.45) is -0.353. The van der Waals surface area contributed by atoms with Crippen molar-refractivity contribution in [1.82, 2.24) is 0 Å². The molecular formula is C9H18N2O3. The summed E-state index contributed by atoms with van der Waals surface area (Å²) < 4.78 is 5.23. The molecule has 1 aliphatic heterocycles. The Morgan fingerprint density at radius 2 is 2.29 bits per heavy atom. The van der Waals surface area contributed by atoms with E-state index in [-0.39, 0.29) is 30.5 Å². The molecule has 3 N–H and O–H groups in total. The number of aliphatic hydroxyl groups excluding tert-OH is 1. The molecule has 0 bridgehead atoms. The number of rotatable bonds is 4. The van der Waals surface area contributed by atoms with Gasteiger partial charge in [-0.2, -0.15) is 4.91 Å². The van der Waals surface area contributed by atoms with Gasteiger partial charge >= 0.3 is 0 Å². The van der Waals surface area contributed by atoms with Gasteiger partial charge in [0, 0.05) is 12.0 Å². The van der Waals surface area contributed by atoms with Gasteiger partial charge in [-0.05, 0) is 12.3 Å². The van der Waals surface area contributed by atoms with E-state index in [1.165, 1.54) is 0 Å². The molecule has 0 amide bonds. The lowest BCUT2D eigenvalue weighted by molar-refractivity contribution is -0.108. The van der Waals surface area contributed by atoms with Crippen LogP contribution >= 0.6 is 0 Å². The van der Waals surface area contributed by atoms with Crippen molar-refractivity contribution in [2.45, 2.75) is 38.7 Å². The summed E-state index contributed by atoms with van der Waals surface area (Å²) in [6.45, 7) is 3.99. The summed E-state index contributed by atoms with van der Waals surface area (Å²) in [5, 5.41) is 12.4. The van der Waals surface area contributed by atoms with E-state index in [1.807, 2.05) is 13.8 Å². The first kappa shape index (κ1) is 11.6. The van der Waals surface area contributed by atoms with Crippen LogP contribution in [0.25, 0.3) is 0 Å². The second kappa shape index (κ2) is 4.82. The third kappa shape index (κ3) is 2.10. The molecule has 1 fully saturated rings. The van der Waals surface area contributed by atoms with Crippen molar-refractivity contribution >= 4 is 0 Å². The number of hydrogen-bond acceptors (Lipinski definition) is 5. The van der Waals surface area contributed by atoms with E-state index in [2.05, 4.69) is 5.18 Å². The molecule has 14 heavy (non-hydrogen) atoms. The fourth-order valence-corrected chi connectivity index (χ4v) is 2.06. The standard InChI is InChI=1S/C9H18N2O3/c1-3-6(10)8-5(2)7(4-11-13)14-9(8)12/h5-9,12H,3-4,10H2,1-2H3/t5-,6+,7?,8?,9?/m0/s1. The van der Waals surface area contributed by atoms with E-state index in [9.17, 15) is 10.0 Å². The van der Waals surface area contributed by atoms with Crippen LogP contribution in [-0.4, -0.2) is 30.1 Å². The zero-order valence-electron chi connectivity index (χ0n) is 8.59. The van der Waals surface area contributed by atoms with Crippen molar-refractivity contribution in [1.29, 1.82) is 0 Å². The molecule has 5 atom stereocenters. The summed E-state index contributed by atoms with van der Waals surface area (Å²) in [7, 11) is 0. The third-order valence-corrected chi connectivity index (χ3v) is 3.06. The monoisotopic (exact) mass is 202 g/mol. The van der Waals surface area contributed by atoms with Crippen LogP contribution in [0.4, 0.5) is 0 Å². The minimum absolute atomic E-state index is 0.0812. The van der Waals surface area contributed by atoms with Crippen LogP contribution in [-0.2, 0) is 4.74 Å². The van der Waals surface area contributed by atoms with Crippen LogP contribution in [0.2, 0.25) is 0 Å². The lowest BCUT2D eigenvalue weighted by Crippen LogP contribution is -2.38. The van der Waals surface area contributed by atoms with Gasteiger partial charge in [-0.1, -0.05) is 19.0 Å². The number of nitrogens with two attached hydrogens (primary N) is 1. The van der Waals surface area contributed by atoms with Crippen LogP contribution in [0.15, 0.2) is 5.18 Å². The van der Waals surface area contributed by atoms with Gasteiger partial charge in [-0.15, -0.1) is 0 Å². The minimum atomic E-state index is -0.855. The van der Waals surface area contributed by atoms with Crippen molar-refractivity contribution in [3.8, 4) is 0 Å². The van der Waals surface area contributed by atoms with Crippen LogP contribution in [0.1, 0.15) is 20.3 Å². The minimum Gasteiger partial charge on any atom is -0.368 e. The summed E-state index contributed by atoms with van der Waals surface area (Å²) in [6, 6.07) is -0.0864. The van der Waals surface area contributed by atoms with Gasteiger partial charge in [-0.25, -0.2) is 0 Å². The maximum absolute atomic E-state index is 10.1. The van der Waals surface area contributed by atoms with Crippen molar-refractivity contribution in [3.63, 3.8) is 0 Å². The first-order chi connectivity index (χ1) is 6.61. The number of nitrogens with zero attached hydrogens (tertiary/aromatic N) is 1. The van der Waals surface area contributed by atoms with Crippen molar-refractivity contribution in [2.75, 3.05) is 6.54 Å². The average molecular weight is 202 g/mol. The maximum atomic E-state index is 10.1. The van der Waals surface area contributed by atoms with Gasteiger partial charge in [0.1, 0.15) is 6.54 Å². The average Bonchev–Trinajstić information content (AvgIpc) is 2.42. The summed E-state index contributed by atoms with van der Waals surface area (Å²) in [5.41, 5.74) is 5.87. The summed E-state index contributed by atoms with van der Waals surface area (Å²) in [5.74, 6) is -0.00981. The molecule has 1 saturated heterocycles. The lowest BCUT2D eigenvalue weighted by Gasteiger charge is -2.23. The molecule has 0 aromatic rings. The molecule has 0 saturated carbocycles. The smallest absolute Gasteiger partial charge is 0.159 e. The molecule has 1 aliphatic rings. The largest absolute Gasteiger partial charge is 0.368 e. The van der Waals surface area contributed by atoms with Crippen LogP contribution in [0.5, 0.6) is 0 Å². The second-order valence-electron chi connectivity index (χ2n) is 3.89. The molecule has 3 unspecified atom stereocenters. The van der Waals surface area contributed by atoms with Gasteiger partial charge < -0.3 is 15.6 Å². The van der Waals surface area contributed by atoms with Crippen molar-refractivity contribution in [3.05, 3.63) is 4.91 Å². The SMILES string of the molecule is CC[C@@H](N)C1C(O)OC(CN=O)[C@@H]1C. The van der Waals surface area contributed by atoms with E-state index in [0.29, 0.717) is 0 Å². The van der Waals surface area contributed by atoms with Gasteiger partial charge in [0.2, 0.25) is 0 Å². The van der Waals surface area contributed by atoms with Gasteiger partial charge in [0.15, 0.2) is 6.29 Å². The highest BCUT2D eigenvalue weighted by Gasteiger charge is 2.43. The Bertz CT molecular complexity index is 200. The molecule has 82 valence electrons. The third-order valence-electron chi connectivity index (χ3n) is 3.06. The molecule has 0 spiro atoms. The molecule has 0 radical (unpaired) electrons. The predicted molar refractivity (Wildman–Crippen MR) is 52.5 cm³/mol. The number of aliphatic hydroxyl groups is 1. The first-order valence-electron chi connectivity index (χ1n) is 5.00. The topological polar surface area (TPSA) is 84.9 Å². The van der Waals surface area contributed by atoms with Crippen molar-refractivity contribution in [2.24, 2.45) is 22.7 Å². The zero-order valence-corrected chi connectivity index (χ0v) is 8.59. The molecule has 1 heterocycles. The molecule has 5 nitrogen and oxygen atoms in total. The predicted octanol–water partition coefficient (Wildman–Crippen LogP) is 0.460. The number of nitroso groups, excluding NO2 is 1. The number of ether oxygens (including phenoxy) is 1. The zero-order chi connectivity index (χ0) is 10.7. The quantitative estimate of drug-likeness (QED) is 0.648. The van der Waals surface area contributed by atoms with E-state index in [0.717, 1.165) is 6.42 Å². The van der Waals surface area contributed by atoms with Crippen LogP contribution < -0.4 is 5.73 Å². The second-order valence-corrected chi connectivity index (χ2v) is 3.89. The van der Waals surface area contributed by atoms with E-state index in [4.69, 9.17) is 10.5 Å². The Labute approximate surface area is 83.6 Å². The maximum Gasteiger partial charge on any atom is 0.159 e. The Balaban J connectivity index is 2.64. The molecule has 0 aromatic heterocycles. The highest BCUT2D eigenvalue weighted by atomic mass is 16.6. The molecule has 1 rings (SSSR count). The van der Waals surface area contributed by atoms with Gasteiger partial charge in [0.05, 0.1) is 6.10 Å². The fourth-order valence-electron chi connectivity index (χ4n) is 2.06. The Hall–Kier alpha value is -0.520. The van der Waals surface area contributed by atoms with Crippen molar-refractivity contribution < 1.29 is 9.84 Å². The first-order valence-corrected chi connectivity index (χ1v) is 5.00. The summed E-state index contributed by atoms with van der Waals surface area (Å²) >= 11 is 0. The van der Waals surface area contributed by atoms with Crippen LogP contribution in [0, 0.1) is 16.7 Å². The fraction of sp³-hybridized carbons (Fsp3) is 1.00. The Morgan fingerprint density at radius 1 is 1.64 bits per heavy atom. The van der Waals surface area contributed by atoms with E-state index < -0.39 is 6.29 Å². The Morgan fingerprint density at radius 3 is 2.79 bits per heavy atom. The molecule has 0 aromatic carbocycles. The molecule has 0 aliphatic carbocycles. The van der Waals surface area contributed by atoms with E-state index >= 15 is 0 Å². The molecular weight excluding hydrogens is 184 g/mol. The van der Waals surface area contributed by atoms with Crippen LogP contribution in [0.3, 0.4) is 0 Å². The summed E-state index contributed by atoms with van der Waals surface area (Å²) in [4.78, 5) is 10.1. The normalized spacial score (nSPS) is 39.7. The van der Waals surface area contributed by atoms with E-state index in [1.54, 1.807) is 0 Å². The van der Waals surface area contributed by atoms with Gasteiger partial charge in [-0.3, -0.25) is 0 Å². The van der Waals surface area contributed by atoms with Gasteiger partial charge in [0.25, 0.3) is 0 Å². The highest BCUT2D eigenvalue weighted by molar-refractivity contribution is 4.89. The highest BCUT2D eigenvalue weighted by Crippen LogP contribution is 2.33. The number of hydrogen-bond donors (Lipinski definition) is 2. The Kier molecular flexibility index (Phi) is 3.97. The lowest BCUT2D eigenvalue weighted by atomic mass is 9.85.